The van der Waals surface area contributed by atoms with Crippen LogP contribution in [0.1, 0.15) is 5.76 Å². The van der Waals surface area contributed by atoms with Gasteiger partial charge in [-0.05, 0) is 18.2 Å². The van der Waals surface area contributed by atoms with Crippen LogP contribution in [-0.2, 0) is 4.79 Å². The summed E-state index contributed by atoms with van der Waals surface area (Å²) >= 11 is 3.41. The highest BCUT2D eigenvalue weighted by molar-refractivity contribution is 9.10. The lowest BCUT2D eigenvalue weighted by Gasteiger charge is -1.99. The molecule has 0 aliphatic carbocycles. The van der Waals surface area contributed by atoms with Gasteiger partial charge in [0.1, 0.15) is 23.2 Å². The van der Waals surface area contributed by atoms with Gasteiger partial charge in [-0.1, -0.05) is 34.1 Å². The molecule has 19 heavy (non-hydrogen) atoms. The molecule has 0 aliphatic heterocycles. The molecule has 1 aromatic carbocycles. The largest absolute Gasteiger partial charge is 0.477 e. The number of halogens is 1. The Balaban J connectivity index is 2.38. The van der Waals surface area contributed by atoms with Crippen LogP contribution in [0.4, 0.5) is 0 Å². The molecule has 0 saturated heterocycles. The molecular weight excluding hydrogens is 310 g/mol. The average Bonchev–Trinajstić information content (AvgIpc) is 2.84. The molecule has 0 aliphatic rings. The molecule has 0 radical (unpaired) electrons. The molecule has 0 unspecified atom stereocenters. The lowest BCUT2D eigenvalue weighted by Crippen LogP contribution is -1.96. The topological polar surface area (TPSA) is 74.2 Å². The molecule has 0 atom stereocenters. The van der Waals surface area contributed by atoms with E-state index in [4.69, 9.17) is 14.8 Å². The highest BCUT2D eigenvalue weighted by atomic mass is 79.9. The molecule has 1 aromatic heterocycles. The Morgan fingerprint density at radius 2 is 2.05 bits per heavy atom. The first-order valence-electron chi connectivity index (χ1n) is 5.31. The van der Waals surface area contributed by atoms with Crippen molar-refractivity contribution in [3.05, 3.63) is 52.2 Å². The van der Waals surface area contributed by atoms with Gasteiger partial charge in [0, 0.05) is 16.1 Å². The van der Waals surface area contributed by atoms with Crippen LogP contribution in [0.5, 0.6) is 0 Å². The van der Waals surface area contributed by atoms with E-state index in [1.54, 1.807) is 18.2 Å². The Labute approximate surface area is 117 Å². The first kappa shape index (κ1) is 13.1. The first-order valence-corrected chi connectivity index (χ1v) is 6.11. The number of carbonyl (C=O) groups is 1. The molecule has 0 spiro atoms. The van der Waals surface area contributed by atoms with Gasteiger partial charge in [-0.15, -0.1) is 0 Å². The van der Waals surface area contributed by atoms with Gasteiger partial charge in [-0.2, -0.15) is 5.26 Å². The minimum absolute atomic E-state index is 0.324. The summed E-state index contributed by atoms with van der Waals surface area (Å²) in [4.78, 5) is 10.7. The van der Waals surface area contributed by atoms with Crippen LogP contribution in [0, 0.1) is 11.3 Å². The van der Waals surface area contributed by atoms with Crippen LogP contribution in [-0.4, -0.2) is 11.1 Å². The van der Waals surface area contributed by atoms with Gasteiger partial charge in [0.25, 0.3) is 0 Å². The van der Waals surface area contributed by atoms with Crippen molar-refractivity contribution >= 4 is 28.0 Å². The number of furan rings is 1. The molecule has 0 saturated carbocycles. The summed E-state index contributed by atoms with van der Waals surface area (Å²) in [6.07, 6.45) is 1.20. The fourth-order valence-electron chi connectivity index (χ4n) is 1.52. The van der Waals surface area contributed by atoms with Crippen molar-refractivity contribution in [2.45, 2.75) is 0 Å². The van der Waals surface area contributed by atoms with Crippen LogP contribution in [0.2, 0.25) is 0 Å². The van der Waals surface area contributed by atoms with Gasteiger partial charge in [-0.3, -0.25) is 0 Å². The predicted octanol–water partition coefficient (Wildman–Crippen LogP) is 3.70. The van der Waals surface area contributed by atoms with E-state index in [1.807, 2.05) is 24.3 Å². The zero-order valence-corrected chi connectivity index (χ0v) is 11.2. The summed E-state index contributed by atoms with van der Waals surface area (Å²) in [5, 5.41) is 17.4. The maximum atomic E-state index is 10.7. The number of hydrogen-bond acceptors (Lipinski definition) is 3. The number of aliphatic carboxylic acids is 1. The van der Waals surface area contributed by atoms with Crippen molar-refractivity contribution in [3.8, 4) is 17.4 Å². The fourth-order valence-corrected chi connectivity index (χ4v) is 2.00. The molecule has 1 N–H and O–H groups in total. The highest BCUT2D eigenvalue weighted by Crippen LogP contribution is 2.29. The summed E-state index contributed by atoms with van der Waals surface area (Å²) in [7, 11) is 0. The van der Waals surface area contributed by atoms with Gasteiger partial charge in [0.15, 0.2) is 0 Å². The van der Waals surface area contributed by atoms with E-state index in [0.29, 0.717) is 11.5 Å². The zero-order chi connectivity index (χ0) is 13.8. The lowest BCUT2D eigenvalue weighted by atomic mass is 10.2. The Bertz CT molecular complexity index is 695. The second kappa shape index (κ2) is 5.55. The van der Waals surface area contributed by atoms with Crippen molar-refractivity contribution in [1.82, 2.24) is 0 Å². The van der Waals surface area contributed by atoms with Crippen LogP contribution < -0.4 is 0 Å². The minimum Gasteiger partial charge on any atom is -0.477 e. The van der Waals surface area contributed by atoms with E-state index in [9.17, 15) is 4.79 Å². The fraction of sp³-hybridized carbons (Fsp3) is 0. The van der Waals surface area contributed by atoms with Crippen molar-refractivity contribution < 1.29 is 14.3 Å². The predicted molar refractivity (Wildman–Crippen MR) is 73.1 cm³/mol. The quantitative estimate of drug-likeness (QED) is 0.691. The van der Waals surface area contributed by atoms with E-state index in [1.165, 1.54) is 6.08 Å². The molecule has 1 heterocycles. The number of rotatable bonds is 3. The molecule has 4 nitrogen and oxygen atoms in total. The smallest absolute Gasteiger partial charge is 0.346 e. The Morgan fingerprint density at radius 1 is 1.32 bits per heavy atom. The molecule has 0 amide bonds. The monoisotopic (exact) mass is 317 g/mol. The van der Waals surface area contributed by atoms with Gasteiger partial charge in [0.05, 0.1) is 0 Å². The Hall–Kier alpha value is -2.32. The molecule has 0 fully saturated rings. The average molecular weight is 318 g/mol. The third-order valence-electron chi connectivity index (χ3n) is 2.40. The minimum atomic E-state index is -1.28. The maximum Gasteiger partial charge on any atom is 0.346 e. The van der Waals surface area contributed by atoms with E-state index in [-0.39, 0.29) is 5.57 Å². The SMILES string of the molecule is N#C/C(=C\c1ccc(-c2ccccc2Br)o1)C(=O)O. The standard InChI is InChI=1S/C14H8BrNO3/c15-12-4-2-1-3-11(12)13-6-5-10(19-13)7-9(8-16)14(17)18/h1-7H,(H,17,18)/b9-7+. The van der Waals surface area contributed by atoms with Crippen LogP contribution >= 0.6 is 15.9 Å². The number of carboxylic acid groups (broad SMARTS) is 1. The number of nitriles is 1. The third-order valence-corrected chi connectivity index (χ3v) is 3.10. The van der Waals surface area contributed by atoms with Gasteiger partial charge < -0.3 is 9.52 Å². The molecular formula is C14H8BrNO3. The molecule has 2 aromatic rings. The van der Waals surface area contributed by atoms with Crippen LogP contribution in [0.15, 0.2) is 50.9 Å². The lowest BCUT2D eigenvalue weighted by molar-refractivity contribution is -0.132. The number of nitrogens with zero attached hydrogens (tertiary/aromatic N) is 1. The van der Waals surface area contributed by atoms with Crippen LogP contribution in [0.3, 0.4) is 0 Å². The maximum absolute atomic E-state index is 10.7. The third kappa shape index (κ3) is 2.92. The number of hydrogen-bond donors (Lipinski definition) is 1. The first-order chi connectivity index (χ1) is 9.11. The number of benzene rings is 1. The van der Waals surface area contributed by atoms with Crippen molar-refractivity contribution in [2.24, 2.45) is 0 Å². The number of carboxylic acids is 1. The molecule has 94 valence electrons. The zero-order valence-electron chi connectivity index (χ0n) is 9.63. The van der Waals surface area contributed by atoms with Gasteiger partial charge >= 0.3 is 5.97 Å². The summed E-state index contributed by atoms with van der Waals surface area (Å²) in [6.45, 7) is 0. The Kier molecular flexibility index (Phi) is 3.83. The van der Waals surface area contributed by atoms with Crippen molar-refractivity contribution in [1.29, 1.82) is 5.26 Å². The van der Waals surface area contributed by atoms with E-state index in [0.717, 1.165) is 10.0 Å². The summed E-state index contributed by atoms with van der Waals surface area (Å²) in [6, 6.07) is 12.5. The highest BCUT2D eigenvalue weighted by Gasteiger charge is 2.10. The van der Waals surface area contributed by atoms with Crippen molar-refractivity contribution in [2.75, 3.05) is 0 Å². The van der Waals surface area contributed by atoms with E-state index in [2.05, 4.69) is 15.9 Å². The summed E-state index contributed by atoms with van der Waals surface area (Å²) in [5.41, 5.74) is 0.490. The van der Waals surface area contributed by atoms with Crippen molar-refractivity contribution in [3.63, 3.8) is 0 Å². The second-order valence-electron chi connectivity index (χ2n) is 3.66. The van der Waals surface area contributed by atoms with Gasteiger partial charge in [-0.25, -0.2) is 4.79 Å². The normalized spacial score (nSPS) is 11.1. The van der Waals surface area contributed by atoms with Gasteiger partial charge in [0.2, 0.25) is 0 Å². The molecule has 5 heteroatoms. The molecule has 2 rings (SSSR count). The second-order valence-corrected chi connectivity index (χ2v) is 4.51. The summed E-state index contributed by atoms with van der Waals surface area (Å²) in [5.74, 6) is -0.354. The van der Waals surface area contributed by atoms with E-state index < -0.39 is 5.97 Å². The Morgan fingerprint density at radius 3 is 2.68 bits per heavy atom. The van der Waals surface area contributed by atoms with Crippen LogP contribution in [0.25, 0.3) is 17.4 Å². The molecule has 0 bridgehead atoms. The van der Waals surface area contributed by atoms with E-state index >= 15 is 0 Å². The summed E-state index contributed by atoms with van der Waals surface area (Å²) < 4.78 is 6.39.